The van der Waals surface area contributed by atoms with Crippen LogP contribution >= 0.6 is 11.6 Å². The van der Waals surface area contributed by atoms with Gasteiger partial charge in [0.25, 0.3) is 5.91 Å². The average Bonchev–Trinajstić information content (AvgIpc) is 3.01. The Hall–Kier alpha value is -3.52. The molecule has 1 aliphatic heterocycles. The lowest BCUT2D eigenvalue weighted by atomic mass is 10.1. The molecule has 1 N–H and O–H groups in total. The van der Waals surface area contributed by atoms with E-state index in [0.717, 1.165) is 10.5 Å². The van der Waals surface area contributed by atoms with Crippen molar-refractivity contribution >= 4 is 35.6 Å². The summed E-state index contributed by atoms with van der Waals surface area (Å²) < 4.78 is 15.6. The molecule has 1 fully saturated rings. The number of carbonyl (C=O) groups excluding carboxylic acids is 3. The van der Waals surface area contributed by atoms with Gasteiger partial charge in [0.15, 0.2) is 18.1 Å². The first-order valence-corrected chi connectivity index (χ1v) is 9.84. The van der Waals surface area contributed by atoms with Crippen LogP contribution in [0.4, 0.5) is 4.79 Å². The van der Waals surface area contributed by atoms with Crippen molar-refractivity contribution in [3.63, 3.8) is 0 Å². The topological polar surface area (TPSA) is 94.2 Å². The van der Waals surface area contributed by atoms with Crippen LogP contribution in [0.15, 0.2) is 48.2 Å². The third-order valence-corrected chi connectivity index (χ3v) is 4.62. The number of benzene rings is 2. The van der Waals surface area contributed by atoms with Crippen molar-refractivity contribution in [3.05, 3.63) is 64.3 Å². The fourth-order valence-corrected chi connectivity index (χ4v) is 3.01. The smallest absolute Gasteiger partial charge is 0.344 e. The van der Waals surface area contributed by atoms with Gasteiger partial charge in [-0.1, -0.05) is 29.8 Å². The molecule has 0 aliphatic carbocycles. The highest BCUT2D eigenvalue weighted by atomic mass is 35.5. The number of carbonyl (C=O) groups is 3. The molecule has 1 aliphatic rings. The first-order chi connectivity index (χ1) is 14.9. The molecule has 1 saturated heterocycles. The highest BCUT2D eigenvalue weighted by molar-refractivity contribution is 6.30. The Bertz CT molecular complexity index is 1020. The predicted octanol–water partition coefficient (Wildman–Crippen LogP) is 3.38. The number of rotatable bonds is 8. The third-order valence-electron chi connectivity index (χ3n) is 4.37. The Kier molecular flexibility index (Phi) is 7.15. The van der Waals surface area contributed by atoms with Gasteiger partial charge in [0.05, 0.1) is 20.3 Å². The number of nitrogens with zero attached hydrogens (tertiary/aromatic N) is 1. The van der Waals surface area contributed by atoms with Gasteiger partial charge in [-0.3, -0.25) is 9.69 Å². The van der Waals surface area contributed by atoms with Crippen molar-refractivity contribution in [1.29, 1.82) is 0 Å². The highest BCUT2D eigenvalue weighted by Crippen LogP contribution is 2.29. The van der Waals surface area contributed by atoms with E-state index < -0.39 is 17.9 Å². The monoisotopic (exact) mass is 444 g/mol. The van der Waals surface area contributed by atoms with Crippen molar-refractivity contribution < 1.29 is 28.6 Å². The Morgan fingerprint density at radius 1 is 1.13 bits per heavy atom. The quantitative estimate of drug-likeness (QED) is 0.381. The Labute approximate surface area is 184 Å². The van der Waals surface area contributed by atoms with Crippen molar-refractivity contribution in [2.45, 2.75) is 13.5 Å². The molecule has 3 amide bonds. The molecule has 0 spiro atoms. The number of nitrogens with one attached hydrogen (secondary N) is 1. The Morgan fingerprint density at radius 3 is 2.55 bits per heavy atom. The van der Waals surface area contributed by atoms with E-state index in [2.05, 4.69) is 5.32 Å². The molecular weight excluding hydrogens is 424 g/mol. The fraction of sp³-hybridized carbons (Fsp3) is 0.227. The maximum absolute atomic E-state index is 12.7. The number of amides is 3. The van der Waals surface area contributed by atoms with E-state index in [-0.39, 0.29) is 25.5 Å². The van der Waals surface area contributed by atoms with E-state index in [0.29, 0.717) is 22.1 Å². The molecule has 0 atom stereocenters. The summed E-state index contributed by atoms with van der Waals surface area (Å²) in [6, 6.07) is 11.3. The molecule has 31 heavy (non-hydrogen) atoms. The maximum Gasteiger partial charge on any atom is 0.344 e. The van der Waals surface area contributed by atoms with Gasteiger partial charge in [-0.25, -0.2) is 9.59 Å². The standard InChI is InChI=1S/C22H21ClN2O6/c1-3-30-20(26)13-31-18-9-6-15(11-19(18)29-2)10-17-21(27)25(22(28)24-17)12-14-4-7-16(23)8-5-14/h4-11H,3,12-13H2,1-2H3,(H,24,28)/b17-10+. The second-order valence-electron chi connectivity index (χ2n) is 6.51. The lowest BCUT2D eigenvalue weighted by Gasteiger charge is -2.12. The number of halogens is 1. The zero-order valence-electron chi connectivity index (χ0n) is 17.0. The van der Waals surface area contributed by atoms with E-state index in [1.54, 1.807) is 55.5 Å². The third kappa shape index (κ3) is 5.55. The zero-order chi connectivity index (χ0) is 22.4. The van der Waals surface area contributed by atoms with Gasteiger partial charge < -0.3 is 19.5 Å². The molecule has 1 heterocycles. The van der Waals surface area contributed by atoms with E-state index in [1.807, 2.05) is 0 Å². The molecule has 2 aromatic rings. The summed E-state index contributed by atoms with van der Waals surface area (Å²) in [5, 5.41) is 3.15. The normalized spacial score (nSPS) is 14.5. The summed E-state index contributed by atoms with van der Waals surface area (Å²) in [5.41, 5.74) is 1.53. The van der Waals surface area contributed by atoms with Crippen LogP contribution in [-0.4, -0.2) is 43.1 Å². The SMILES string of the molecule is CCOC(=O)COc1ccc(/C=C2/NC(=O)N(Cc3ccc(Cl)cc3)C2=O)cc1OC. The van der Waals surface area contributed by atoms with Gasteiger partial charge in [-0.05, 0) is 48.4 Å². The summed E-state index contributed by atoms with van der Waals surface area (Å²) >= 11 is 5.87. The minimum absolute atomic E-state index is 0.128. The van der Waals surface area contributed by atoms with Crippen molar-refractivity contribution in [2.75, 3.05) is 20.3 Å². The summed E-state index contributed by atoms with van der Waals surface area (Å²) in [6.07, 6.45) is 1.54. The summed E-state index contributed by atoms with van der Waals surface area (Å²) in [4.78, 5) is 37.6. The molecule has 0 bridgehead atoms. The molecule has 0 unspecified atom stereocenters. The second-order valence-corrected chi connectivity index (χ2v) is 6.95. The van der Waals surface area contributed by atoms with Crippen molar-refractivity contribution in [1.82, 2.24) is 10.2 Å². The molecule has 162 valence electrons. The molecule has 0 radical (unpaired) electrons. The van der Waals surface area contributed by atoms with E-state index >= 15 is 0 Å². The van der Waals surface area contributed by atoms with Gasteiger partial charge in [-0.15, -0.1) is 0 Å². The van der Waals surface area contributed by atoms with Crippen LogP contribution in [0.3, 0.4) is 0 Å². The minimum atomic E-state index is -0.507. The van der Waals surface area contributed by atoms with Gasteiger partial charge >= 0.3 is 12.0 Å². The maximum atomic E-state index is 12.7. The van der Waals surface area contributed by atoms with Crippen molar-refractivity contribution in [2.24, 2.45) is 0 Å². The minimum Gasteiger partial charge on any atom is -0.493 e. The molecule has 8 nitrogen and oxygen atoms in total. The van der Waals surface area contributed by atoms with Crippen LogP contribution in [-0.2, 0) is 20.9 Å². The molecule has 9 heteroatoms. The Morgan fingerprint density at radius 2 is 1.87 bits per heavy atom. The first-order valence-electron chi connectivity index (χ1n) is 9.46. The number of urea groups is 1. The van der Waals surface area contributed by atoms with E-state index in [4.69, 9.17) is 25.8 Å². The largest absolute Gasteiger partial charge is 0.493 e. The molecule has 0 aromatic heterocycles. The molecular formula is C22H21ClN2O6. The summed E-state index contributed by atoms with van der Waals surface area (Å²) in [7, 11) is 1.46. The zero-order valence-corrected chi connectivity index (χ0v) is 17.8. The van der Waals surface area contributed by atoms with Gasteiger partial charge in [0.2, 0.25) is 0 Å². The van der Waals surface area contributed by atoms with Gasteiger partial charge in [0.1, 0.15) is 5.70 Å². The molecule has 0 saturated carbocycles. The lowest BCUT2D eigenvalue weighted by molar-refractivity contribution is -0.145. The predicted molar refractivity (Wildman–Crippen MR) is 114 cm³/mol. The van der Waals surface area contributed by atoms with Crippen LogP contribution in [0, 0.1) is 0 Å². The summed E-state index contributed by atoms with van der Waals surface area (Å²) in [5.74, 6) is -0.213. The second kappa shape index (κ2) is 9.99. The molecule has 3 rings (SSSR count). The highest BCUT2D eigenvalue weighted by Gasteiger charge is 2.33. The van der Waals surface area contributed by atoms with Crippen LogP contribution in [0.1, 0.15) is 18.1 Å². The first kappa shape index (κ1) is 22.2. The van der Waals surface area contributed by atoms with Crippen LogP contribution in [0.25, 0.3) is 6.08 Å². The number of esters is 1. The van der Waals surface area contributed by atoms with Crippen LogP contribution < -0.4 is 14.8 Å². The average molecular weight is 445 g/mol. The Balaban J connectivity index is 1.73. The number of methoxy groups -OCH3 is 1. The number of ether oxygens (including phenoxy) is 3. The van der Waals surface area contributed by atoms with Crippen molar-refractivity contribution in [3.8, 4) is 11.5 Å². The fourth-order valence-electron chi connectivity index (χ4n) is 2.89. The van der Waals surface area contributed by atoms with Crippen LogP contribution in [0.2, 0.25) is 5.02 Å². The number of imide groups is 1. The lowest BCUT2D eigenvalue weighted by Crippen LogP contribution is -2.30. The van der Waals surface area contributed by atoms with Gasteiger partial charge in [-0.2, -0.15) is 0 Å². The van der Waals surface area contributed by atoms with Crippen LogP contribution in [0.5, 0.6) is 11.5 Å². The van der Waals surface area contributed by atoms with E-state index in [9.17, 15) is 14.4 Å². The van der Waals surface area contributed by atoms with E-state index in [1.165, 1.54) is 7.11 Å². The summed E-state index contributed by atoms with van der Waals surface area (Å²) in [6.45, 7) is 1.85. The number of hydrogen-bond donors (Lipinski definition) is 1. The molecule has 2 aromatic carbocycles. The van der Waals surface area contributed by atoms with Gasteiger partial charge in [0, 0.05) is 5.02 Å². The number of hydrogen-bond acceptors (Lipinski definition) is 6.